The topological polar surface area (TPSA) is 35.2 Å². The van der Waals surface area contributed by atoms with Gasteiger partial charge in [0, 0.05) is 6.54 Å². The van der Waals surface area contributed by atoms with Gasteiger partial charge in [-0.25, -0.2) is 4.39 Å². The molecule has 100 valence electrons. The molecule has 2 nitrogen and oxygen atoms in total. The number of nitrogens with two attached hydrogens (primary N) is 1. The third kappa shape index (κ3) is 4.31. The van der Waals surface area contributed by atoms with Gasteiger partial charge in [0.15, 0.2) is 0 Å². The minimum absolute atomic E-state index is 0.0207. The zero-order valence-corrected chi connectivity index (χ0v) is 11.7. The Balaban J connectivity index is 2.78. The van der Waals surface area contributed by atoms with E-state index in [9.17, 15) is 4.39 Å². The van der Waals surface area contributed by atoms with Gasteiger partial charge in [0.2, 0.25) is 0 Å². The summed E-state index contributed by atoms with van der Waals surface area (Å²) in [6, 6.07) is 5.55. The van der Waals surface area contributed by atoms with Gasteiger partial charge >= 0.3 is 0 Å². The van der Waals surface area contributed by atoms with Crippen LogP contribution >= 0.6 is 11.6 Å². The minimum Gasteiger partial charge on any atom is -0.485 e. The van der Waals surface area contributed by atoms with E-state index in [4.69, 9.17) is 22.1 Å². The van der Waals surface area contributed by atoms with Crippen LogP contribution in [0.25, 0.3) is 0 Å². The first kappa shape index (κ1) is 15.0. The number of ether oxygens (including phenoxy) is 1. The fourth-order valence-electron chi connectivity index (χ4n) is 1.42. The van der Waals surface area contributed by atoms with Crippen molar-refractivity contribution in [1.82, 2.24) is 0 Å². The molecule has 0 amide bonds. The van der Waals surface area contributed by atoms with E-state index in [0.29, 0.717) is 10.8 Å². The highest BCUT2D eigenvalue weighted by Crippen LogP contribution is 2.31. The summed E-state index contributed by atoms with van der Waals surface area (Å²) < 4.78 is 18.4. The molecule has 0 atom stereocenters. The van der Waals surface area contributed by atoms with Crippen molar-refractivity contribution in [3.63, 3.8) is 0 Å². The van der Waals surface area contributed by atoms with Gasteiger partial charge < -0.3 is 10.5 Å². The molecule has 0 aliphatic rings. The molecule has 2 N–H and O–H groups in total. The SMILES string of the molecule is CC(C)(C)c1ccc(OCC(F)=CCN)c(Cl)c1. The maximum Gasteiger partial charge on any atom is 0.139 e. The van der Waals surface area contributed by atoms with E-state index in [1.165, 1.54) is 6.08 Å². The summed E-state index contributed by atoms with van der Waals surface area (Å²) in [5, 5.41) is 0.489. The standard InChI is InChI=1S/C14H19ClFNO/c1-14(2,3)10-4-5-13(12(15)8-10)18-9-11(16)6-7-17/h4-6,8H,7,9,17H2,1-3H3. The van der Waals surface area contributed by atoms with Crippen LogP contribution in [0.15, 0.2) is 30.1 Å². The Bertz CT molecular complexity index is 438. The molecule has 0 aliphatic carbocycles. The lowest BCUT2D eigenvalue weighted by Gasteiger charge is -2.20. The molecule has 0 saturated heterocycles. The first-order chi connectivity index (χ1) is 8.34. The van der Waals surface area contributed by atoms with Crippen LogP contribution < -0.4 is 10.5 Å². The molecule has 18 heavy (non-hydrogen) atoms. The van der Waals surface area contributed by atoms with Crippen LogP contribution in [0.3, 0.4) is 0 Å². The molecular weight excluding hydrogens is 253 g/mol. The van der Waals surface area contributed by atoms with Gasteiger partial charge in [-0.15, -0.1) is 0 Å². The summed E-state index contributed by atoms with van der Waals surface area (Å²) in [4.78, 5) is 0. The molecule has 0 fully saturated rings. The van der Waals surface area contributed by atoms with E-state index in [-0.39, 0.29) is 18.6 Å². The third-order valence-corrected chi connectivity index (χ3v) is 2.80. The zero-order chi connectivity index (χ0) is 13.8. The Morgan fingerprint density at radius 1 is 1.44 bits per heavy atom. The number of rotatable bonds is 4. The lowest BCUT2D eigenvalue weighted by Crippen LogP contribution is -2.11. The summed E-state index contributed by atoms with van der Waals surface area (Å²) in [6.07, 6.45) is 1.28. The molecule has 4 heteroatoms. The van der Waals surface area contributed by atoms with E-state index >= 15 is 0 Å². The van der Waals surface area contributed by atoms with Gasteiger partial charge in [0.25, 0.3) is 0 Å². The van der Waals surface area contributed by atoms with Crippen LogP contribution in [-0.2, 0) is 5.41 Å². The highest BCUT2D eigenvalue weighted by atomic mass is 35.5. The fraction of sp³-hybridized carbons (Fsp3) is 0.429. The Morgan fingerprint density at radius 2 is 2.11 bits per heavy atom. The molecule has 1 aromatic rings. The van der Waals surface area contributed by atoms with Crippen molar-refractivity contribution in [3.05, 3.63) is 40.7 Å². The first-order valence-corrected chi connectivity index (χ1v) is 6.20. The predicted octanol–water partition coefficient (Wildman–Crippen LogP) is 3.83. The van der Waals surface area contributed by atoms with Crippen LogP contribution in [-0.4, -0.2) is 13.2 Å². The van der Waals surface area contributed by atoms with Gasteiger partial charge in [-0.05, 0) is 29.2 Å². The summed E-state index contributed by atoms with van der Waals surface area (Å²) in [5.41, 5.74) is 6.33. The van der Waals surface area contributed by atoms with Crippen molar-refractivity contribution >= 4 is 11.6 Å². The number of halogens is 2. The number of hydrogen-bond acceptors (Lipinski definition) is 2. The van der Waals surface area contributed by atoms with Crippen molar-refractivity contribution in [1.29, 1.82) is 0 Å². The van der Waals surface area contributed by atoms with Crippen molar-refractivity contribution in [2.24, 2.45) is 5.73 Å². The van der Waals surface area contributed by atoms with Crippen LogP contribution in [0.2, 0.25) is 5.02 Å². The second kappa shape index (κ2) is 6.21. The lowest BCUT2D eigenvalue weighted by molar-refractivity contribution is 0.318. The largest absolute Gasteiger partial charge is 0.485 e. The van der Waals surface area contributed by atoms with Crippen molar-refractivity contribution in [2.45, 2.75) is 26.2 Å². The lowest BCUT2D eigenvalue weighted by atomic mass is 9.87. The van der Waals surface area contributed by atoms with E-state index in [1.54, 1.807) is 6.07 Å². The van der Waals surface area contributed by atoms with Gasteiger partial charge in [-0.1, -0.05) is 38.4 Å². The molecule has 0 bridgehead atoms. The van der Waals surface area contributed by atoms with Crippen LogP contribution in [0.1, 0.15) is 26.3 Å². The molecule has 0 spiro atoms. The summed E-state index contributed by atoms with van der Waals surface area (Å²) in [6.45, 7) is 6.31. The van der Waals surface area contributed by atoms with Crippen molar-refractivity contribution in [3.8, 4) is 5.75 Å². The molecule has 0 radical (unpaired) electrons. The fourth-order valence-corrected chi connectivity index (χ4v) is 1.65. The van der Waals surface area contributed by atoms with Crippen molar-refractivity contribution < 1.29 is 9.13 Å². The monoisotopic (exact) mass is 271 g/mol. The average molecular weight is 272 g/mol. The molecule has 0 aliphatic heterocycles. The normalized spacial score (nSPS) is 12.7. The number of benzene rings is 1. The van der Waals surface area contributed by atoms with E-state index in [2.05, 4.69) is 20.8 Å². The van der Waals surface area contributed by atoms with Gasteiger partial charge in [0.05, 0.1) is 5.02 Å². The molecule has 0 aromatic heterocycles. The highest BCUT2D eigenvalue weighted by Gasteiger charge is 2.15. The molecular formula is C14H19ClFNO. The molecule has 1 rings (SSSR count). The van der Waals surface area contributed by atoms with Gasteiger partial charge in [-0.2, -0.15) is 0 Å². The quantitative estimate of drug-likeness (QED) is 0.903. The van der Waals surface area contributed by atoms with Crippen LogP contribution in [0, 0.1) is 0 Å². The Morgan fingerprint density at radius 3 is 2.61 bits per heavy atom. The maximum absolute atomic E-state index is 13.1. The van der Waals surface area contributed by atoms with Gasteiger partial charge in [0.1, 0.15) is 18.2 Å². The van der Waals surface area contributed by atoms with Crippen molar-refractivity contribution in [2.75, 3.05) is 13.2 Å². The van der Waals surface area contributed by atoms with Crippen LogP contribution in [0.4, 0.5) is 4.39 Å². The molecule has 0 heterocycles. The average Bonchev–Trinajstić information content (AvgIpc) is 2.26. The first-order valence-electron chi connectivity index (χ1n) is 5.82. The molecule has 1 aromatic carbocycles. The minimum atomic E-state index is -0.395. The highest BCUT2D eigenvalue weighted by molar-refractivity contribution is 6.32. The zero-order valence-electron chi connectivity index (χ0n) is 11.0. The van der Waals surface area contributed by atoms with E-state index in [0.717, 1.165) is 5.56 Å². The molecule has 0 saturated carbocycles. The third-order valence-electron chi connectivity index (χ3n) is 2.50. The summed E-state index contributed by atoms with van der Waals surface area (Å²) in [5.74, 6) is 0.0821. The molecule has 0 unspecified atom stereocenters. The summed E-state index contributed by atoms with van der Waals surface area (Å²) >= 11 is 6.10. The smallest absolute Gasteiger partial charge is 0.139 e. The second-order valence-electron chi connectivity index (χ2n) is 5.07. The number of hydrogen-bond donors (Lipinski definition) is 1. The van der Waals surface area contributed by atoms with Gasteiger partial charge in [-0.3, -0.25) is 0 Å². The van der Waals surface area contributed by atoms with E-state index < -0.39 is 5.83 Å². The Labute approximate surface area is 113 Å². The Hall–Kier alpha value is -1.06. The second-order valence-corrected chi connectivity index (χ2v) is 5.48. The summed E-state index contributed by atoms with van der Waals surface area (Å²) in [7, 11) is 0. The van der Waals surface area contributed by atoms with Crippen LogP contribution in [0.5, 0.6) is 5.75 Å². The Kier molecular flexibility index (Phi) is 5.17. The van der Waals surface area contributed by atoms with E-state index in [1.807, 2.05) is 12.1 Å². The maximum atomic E-state index is 13.1. The predicted molar refractivity (Wildman–Crippen MR) is 73.9 cm³/mol.